The molecule has 1 aromatic heterocycles. The summed E-state index contributed by atoms with van der Waals surface area (Å²) < 4.78 is 11.9. The maximum atomic E-state index is 11.4. The summed E-state index contributed by atoms with van der Waals surface area (Å²) in [5.74, 6) is 0.747. The summed E-state index contributed by atoms with van der Waals surface area (Å²) in [6, 6.07) is 3.47. The van der Waals surface area contributed by atoms with Crippen LogP contribution in [-0.2, 0) is 0 Å². The molecule has 0 atom stereocenters. The molecule has 0 aliphatic carbocycles. The van der Waals surface area contributed by atoms with Crippen molar-refractivity contribution >= 4 is 33.6 Å². The average Bonchev–Trinajstić information content (AvgIpc) is 2.31. The quantitative estimate of drug-likeness (QED) is 0.480. The third kappa shape index (κ3) is 2.29. The second-order valence-corrected chi connectivity index (χ2v) is 5.20. The first-order valence-electron chi connectivity index (χ1n) is 5.52. The monoisotopic (exact) mass is 356 g/mol. The van der Waals surface area contributed by atoms with Crippen molar-refractivity contribution in [2.75, 3.05) is 6.61 Å². The maximum Gasteiger partial charge on any atom is 0.336 e. The molecule has 1 aromatic carbocycles. The zero-order valence-electron chi connectivity index (χ0n) is 10.2. The number of hydrogen-bond acceptors (Lipinski definition) is 3. The zero-order chi connectivity index (χ0) is 13.3. The fourth-order valence-electron chi connectivity index (χ4n) is 1.87. The Hall–Kier alpha value is -1.30. The van der Waals surface area contributed by atoms with Crippen LogP contribution in [0.5, 0.6) is 5.75 Å². The van der Waals surface area contributed by atoms with Gasteiger partial charge in [0.15, 0.2) is 0 Å². The summed E-state index contributed by atoms with van der Waals surface area (Å²) in [6.45, 7) is 7.85. The summed E-state index contributed by atoms with van der Waals surface area (Å²) in [4.78, 5) is 11.4. The Balaban J connectivity index is 2.76. The molecule has 4 heteroatoms. The van der Waals surface area contributed by atoms with E-state index in [2.05, 4.69) is 29.2 Å². The van der Waals surface area contributed by atoms with Crippen LogP contribution >= 0.6 is 22.6 Å². The summed E-state index contributed by atoms with van der Waals surface area (Å²) in [5, 5.41) is 0.947. The van der Waals surface area contributed by atoms with Crippen LogP contribution < -0.4 is 10.4 Å². The molecule has 0 amide bonds. The van der Waals surface area contributed by atoms with Gasteiger partial charge in [-0.25, -0.2) is 4.79 Å². The number of fused-ring (bicyclic) bond motifs is 1. The highest BCUT2D eigenvalue weighted by molar-refractivity contribution is 14.1. The molecule has 0 aliphatic rings. The predicted octanol–water partition coefficient (Wildman–Crippen LogP) is 3.58. The van der Waals surface area contributed by atoms with Gasteiger partial charge in [-0.3, -0.25) is 0 Å². The molecule has 0 saturated heterocycles. The van der Waals surface area contributed by atoms with Crippen LogP contribution in [0.4, 0.5) is 0 Å². The van der Waals surface area contributed by atoms with Gasteiger partial charge in [-0.1, -0.05) is 12.7 Å². The lowest BCUT2D eigenvalue weighted by Gasteiger charge is -2.12. The first-order chi connectivity index (χ1) is 8.54. The van der Waals surface area contributed by atoms with Gasteiger partial charge < -0.3 is 9.15 Å². The van der Waals surface area contributed by atoms with E-state index in [4.69, 9.17) is 9.15 Å². The van der Waals surface area contributed by atoms with Crippen LogP contribution in [0.2, 0.25) is 0 Å². The number of aryl methyl sites for hydroxylation is 2. The van der Waals surface area contributed by atoms with E-state index in [1.54, 1.807) is 6.08 Å². The molecule has 0 spiro atoms. The van der Waals surface area contributed by atoms with E-state index in [0.717, 1.165) is 25.8 Å². The van der Waals surface area contributed by atoms with Gasteiger partial charge in [0, 0.05) is 17.0 Å². The topological polar surface area (TPSA) is 39.4 Å². The van der Waals surface area contributed by atoms with Crippen molar-refractivity contribution in [2.45, 2.75) is 13.8 Å². The lowest BCUT2D eigenvalue weighted by Crippen LogP contribution is -2.02. The number of rotatable bonds is 3. The van der Waals surface area contributed by atoms with Crippen molar-refractivity contribution < 1.29 is 9.15 Å². The maximum absolute atomic E-state index is 11.4. The lowest BCUT2D eigenvalue weighted by molar-refractivity contribution is 0.357. The number of benzene rings is 1. The molecule has 3 nitrogen and oxygen atoms in total. The van der Waals surface area contributed by atoms with Crippen molar-refractivity contribution in [1.82, 2.24) is 0 Å². The minimum atomic E-state index is -0.334. The van der Waals surface area contributed by atoms with Crippen molar-refractivity contribution in [3.8, 4) is 5.75 Å². The third-order valence-corrected chi connectivity index (χ3v) is 3.52. The smallest absolute Gasteiger partial charge is 0.336 e. The highest BCUT2D eigenvalue weighted by Gasteiger charge is 2.13. The molecule has 0 radical (unpaired) electrons. The van der Waals surface area contributed by atoms with E-state index < -0.39 is 0 Å². The van der Waals surface area contributed by atoms with Gasteiger partial charge in [-0.2, -0.15) is 0 Å². The number of hydrogen-bond donors (Lipinski definition) is 0. The predicted molar refractivity (Wildman–Crippen MR) is 80.4 cm³/mol. The van der Waals surface area contributed by atoms with Crippen molar-refractivity contribution in [3.63, 3.8) is 0 Å². The Morgan fingerprint density at radius 1 is 1.44 bits per heavy atom. The molecule has 0 fully saturated rings. The second-order valence-electron chi connectivity index (χ2n) is 4.04. The van der Waals surface area contributed by atoms with E-state index in [1.165, 1.54) is 6.07 Å². The SMILES string of the molecule is C=CCOc1c(I)cc2c(C)cc(=O)oc2c1C. The molecule has 2 aromatic rings. The molecular weight excluding hydrogens is 343 g/mol. The van der Waals surface area contributed by atoms with Crippen LogP contribution in [0.3, 0.4) is 0 Å². The molecule has 2 rings (SSSR count). The summed E-state index contributed by atoms with van der Waals surface area (Å²) >= 11 is 2.22. The molecule has 94 valence electrons. The van der Waals surface area contributed by atoms with Crippen LogP contribution in [0, 0.1) is 17.4 Å². The Bertz CT molecular complexity index is 671. The fraction of sp³-hybridized carbons (Fsp3) is 0.214. The first-order valence-corrected chi connectivity index (χ1v) is 6.59. The van der Waals surface area contributed by atoms with Crippen molar-refractivity contribution in [1.29, 1.82) is 0 Å². The van der Waals surface area contributed by atoms with Crippen LogP contribution in [0.1, 0.15) is 11.1 Å². The number of ether oxygens (including phenoxy) is 1. The van der Waals surface area contributed by atoms with Gasteiger partial charge >= 0.3 is 5.63 Å². The Morgan fingerprint density at radius 3 is 2.83 bits per heavy atom. The standard InChI is InChI=1S/C14H13IO3/c1-4-5-17-14-9(3)13-10(7-11(14)15)8(2)6-12(16)18-13/h4,6-7H,1,5H2,2-3H3. The van der Waals surface area contributed by atoms with Crippen LogP contribution in [0.15, 0.2) is 34.0 Å². The van der Waals surface area contributed by atoms with Gasteiger partial charge in [0.25, 0.3) is 0 Å². The zero-order valence-corrected chi connectivity index (χ0v) is 12.4. The third-order valence-electron chi connectivity index (χ3n) is 2.72. The molecular formula is C14H13IO3. The average molecular weight is 356 g/mol. The molecule has 0 bridgehead atoms. The minimum Gasteiger partial charge on any atom is -0.488 e. The normalized spacial score (nSPS) is 10.6. The highest BCUT2D eigenvalue weighted by Crippen LogP contribution is 2.33. The van der Waals surface area contributed by atoms with Gasteiger partial charge in [-0.05, 0) is 48.1 Å². The molecule has 1 heterocycles. The van der Waals surface area contributed by atoms with Crippen molar-refractivity contribution in [3.05, 3.63) is 49.9 Å². The van der Waals surface area contributed by atoms with Gasteiger partial charge in [-0.15, -0.1) is 0 Å². The van der Waals surface area contributed by atoms with Gasteiger partial charge in [0.2, 0.25) is 0 Å². The van der Waals surface area contributed by atoms with Gasteiger partial charge in [0.05, 0.1) is 3.57 Å². The molecule has 0 N–H and O–H groups in total. The first kappa shape index (κ1) is 13.1. The van der Waals surface area contributed by atoms with E-state index in [1.807, 2.05) is 19.9 Å². The minimum absolute atomic E-state index is 0.334. The lowest BCUT2D eigenvalue weighted by atomic mass is 10.1. The number of halogens is 1. The molecule has 18 heavy (non-hydrogen) atoms. The van der Waals surface area contributed by atoms with E-state index in [0.29, 0.717) is 12.2 Å². The highest BCUT2D eigenvalue weighted by atomic mass is 127. The summed E-state index contributed by atoms with van der Waals surface area (Å²) in [5.41, 5.74) is 2.02. The van der Waals surface area contributed by atoms with Crippen LogP contribution in [-0.4, -0.2) is 6.61 Å². The molecule has 0 saturated carbocycles. The Kier molecular flexibility index (Phi) is 3.75. The van der Waals surface area contributed by atoms with E-state index >= 15 is 0 Å². The molecule has 0 aliphatic heterocycles. The van der Waals surface area contributed by atoms with Crippen molar-refractivity contribution in [2.24, 2.45) is 0 Å². The Labute approximate surface area is 119 Å². The Morgan fingerprint density at radius 2 is 2.17 bits per heavy atom. The second kappa shape index (κ2) is 5.14. The van der Waals surface area contributed by atoms with E-state index in [9.17, 15) is 4.79 Å². The van der Waals surface area contributed by atoms with E-state index in [-0.39, 0.29) is 5.63 Å². The molecule has 0 unspecified atom stereocenters. The van der Waals surface area contributed by atoms with Gasteiger partial charge in [0.1, 0.15) is 17.9 Å². The largest absolute Gasteiger partial charge is 0.488 e. The fourth-order valence-corrected chi connectivity index (χ4v) is 2.74. The van der Waals surface area contributed by atoms with Crippen LogP contribution in [0.25, 0.3) is 11.0 Å². The summed E-state index contributed by atoms with van der Waals surface area (Å²) in [7, 11) is 0. The summed E-state index contributed by atoms with van der Waals surface area (Å²) in [6.07, 6.45) is 1.69.